The number of piperidine rings is 1. The molecule has 0 aromatic carbocycles. The second-order valence-corrected chi connectivity index (χ2v) is 5.15. The Morgan fingerprint density at radius 1 is 1.14 bits per heavy atom. The lowest BCUT2D eigenvalue weighted by Gasteiger charge is -2.43. The van der Waals surface area contributed by atoms with E-state index in [1.807, 2.05) is 7.11 Å². The van der Waals surface area contributed by atoms with Gasteiger partial charge in [-0.3, -0.25) is 0 Å². The van der Waals surface area contributed by atoms with Crippen LogP contribution in [0.2, 0.25) is 0 Å². The van der Waals surface area contributed by atoms with Gasteiger partial charge in [-0.15, -0.1) is 0 Å². The number of rotatable bonds is 2. The Hall–Kier alpha value is -0.0800. The van der Waals surface area contributed by atoms with Gasteiger partial charge in [0.05, 0.1) is 0 Å². The Morgan fingerprint density at radius 3 is 2.36 bits per heavy atom. The maximum atomic E-state index is 5.24. The van der Waals surface area contributed by atoms with Gasteiger partial charge in [-0.25, -0.2) is 0 Å². The molecule has 2 rings (SSSR count). The van der Waals surface area contributed by atoms with E-state index in [-0.39, 0.29) is 0 Å². The van der Waals surface area contributed by atoms with Crippen molar-refractivity contribution in [2.75, 3.05) is 26.8 Å². The van der Waals surface area contributed by atoms with Crippen LogP contribution in [0.15, 0.2) is 0 Å². The fourth-order valence-corrected chi connectivity index (χ4v) is 3.15. The van der Waals surface area contributed by atoms with Gasteiger partial charge in [0, 0.05) is 13.7 Å². The van der Waals surface area contributed by atoms with Crippen molar-refractivity contribution in [3.63, 3.8) is 0 Å². The van der Waals surface area contributed by atoms with Gasteiger partial charge in [0.25, 0.3) is 0 Å². The van der Waals surface area contributed by atoms with Crippen LogP contribution in [0.4, 0.5) is 0 Å². The minimum absolute atomic E-state index is 0.718. The van der Waals surface area contributed by atoms with Crippen LogP contribution in [-0.2, 0) is 4.74 Å². The van der Waals surface area contributed by atoms with Crippen LogP contribution in [0.1, 0.15) is 38.5 Å². The summed E-state index contributed by atoms with van der Waals surface area (Å²) < 4.78 is 5.24. The number of ether oxygens (including phenoxy) is 1. The van der Waals surface area contributed by atoms with Gasteiger partial charge in [0.2, 0.25) is 0 Å². The summed E-state index contributed by atoms with van der Waals surface area (Å²) in [6.07, 6.45) is 8.51. The molecule has 1 N–H and O–H groups in total. The average Bonchev–Trinajstić information content (AvgIpc) is 2.24. The quantitative estimate of drug-likeness (QED) is 0.732. The molecule has 0 radical (unpaired) electrons. The first-order chi connectivity index (χ1) is 6.85. The van der Waals surface area contributed by atoms with Gasteiger partial charge in [0.15, 0.2) is 0 Å². The molecular weight excluding hydrogens is 174 g/mol. The first-order valence-electron chi connectivity index (χ1n) is 6.04. The maximum Gasteiger partial charge on any atom is 0.0490 e. The third-order valence-electron chi connectivity index (χ3n) is 4.23. The van der Waals surface area contributed by atoms with Crippen LogP contribution in [-0.4, -0.2) is 26.8 Å². The van der Waals surface area contributed by atoms with Crippen LogP contribution >= 0.6 is 0 Å². The number of hydrogen-bond donors (Lipinski definition) is 1. The molecule has 1 saturated heterocycles. The molecule has 2 nitrogen and oxygen atoms in total. The lowest BCUT2D eigenvalue weighted by molar-refractivity contribution is 0.0638. The van der Waals surface area contributed by atoms with Crippen molar-refractivity contribution in [1.82, 2.24) is 5.32 Å². The Balaban J connectivity index is 1.81. The van der Waals surface area contributed by atoms with E-state index in [1.165, 1.54) is 51.6 Å². The average molecular weight is 197 g/mol. The molecular formula is C12H23NO. The third-order valence-corrected chi connectivity index (χ3v) is 4.23. The summed E-state index contributed by atoms with van der Waals surface area (Å²) >= 11 is 0. The van der Waals surface area contributed by atoms with E-state index in [0.717, 1.165) is 17.9 Å². The van der Waals surface area contributed by atoms with Crippen molar-refractivity contribution in [2.24, 2.45) is 11.3 Å². The first kappa shape index (κ1) is 10.4. The molecule has 1 spiro atoms. The molecule has 2 heteroatoms. The Bertz CT molecular complexity index is 165. The molecule has 0 aromatic rings. The largest absolute Gasteiger partial charge is 0.384 e. The molecule has 82 valence electrons. The van der Waals surface area contributed by atoms with E-state index < -0.39 is 0 Å². The van der Waals surface area contributed by atoms with E-state index in [1.54, 1.807) is 0 Å². The molecule has 0 unspecified atom stereocenters. The van der Waals surface area contributed by atoms with Crippen LogP contribution < -0.4 is 5.32 Å². The van der Waals surface area contributed by atoms with E-state index >= 15 is 0 Å². The van der Waals surface area contributed by atoms with Crippen LogP contribution in [0.25, 0.3) is 0 Å². The van der Waals surface area contributed by atoms with Gasteiger partial charge in [-0.2, -0.15) is 0 Å². The highest BCUT2D eigenvalue weighted by Gasteiger charge is 2.35. The monoisotopic (exact) mass is 197 g/mol. The standard InChI is InChI=1S/C12H23NO/c1-14-10-11-2-4-12(5-3-11)6-8-13-9-7-12/h11,13H,2-10H2,1H3. The molecule has 0 atom stereocenters. The molecule has 0 aromatic heterocycles. The Labute approximate surface area is 87.4 Å². The van der Waals surface area contributed by atoms with Crippen molar-refractivity contribution >= 4 is 0 Å². The predicted molar refractivity (Wildman–Crippen MR) is 58.4 cm³/mol. The van der Waals surface area contributed by atoms with E-state index in [2.05, 4.69) is 5.32 Å². The van der Waals surface area contributed by atoms with Gasteiger partial charge in [-0.1, -0.05) is 0 Å². The Morgan fingerprint density at radius 2 is 1.79 bits per heavy atom. The SMILES string of the molecule is COCC1CCC2(CCNCC2)CC1. The van der Waals surface area contributed by atoms with Crippen molar-refractivity contribution in [3.8, 4) is 0 Å². The Kier molecular flexibility index (Phi) is 3.45. The summed E-state index contributed by atoms with van der Waals surface area (Å²) in [5.74, 6) is 0.848. The van der Waals surface area contributed by atoms with Crippen LogP contribution in [0.5, 0.6) is 0 Å². The molecule has 0 amide bonds. The number of hydrogen-bond acceptors (Lipinski definition) is 2. The van der Waals surface area contributed by atoms with Gasteiger partial charge in [-0.05, 0) is 62.9 Å². The molecule has 2 fully saturated rings. The van der Waals surface area contributed by atoms with Gasteiger partial charge in [0.1, 0.15) is 0 Å². The van der Waals surface area contributed by atoms with Crippen molar-refractivity contribution in [2.45, 2.75) is 38.5 Å². The first-order valence-corrected chi connectivity index (χ1v) is 6.04. The van der Waals surface area contributed by atoms with E-state index in [9.17, 15) is 0 Å². The predicted octanol–water partition coefficient (Wildman–Crippen LogP) is 2.19. The second-order valence-electron chi connectivity index (χ2n) is 5.15. The lowest BCUT2D eigenvalue weighted by atomic mass is 9.66. The highest BCUT2D eigenvalue weighted by Crippen LogP contribution is 2.44. The van der Waals surface area contributed by atoms with Crippen LogP contribution in [0.3, 0.4) is 0 Å². The minimum atomic E-state index is 0.718. The number of nitrogens with one attached hydrogen (secondary N) is 1. The summed E-state index contributed by atoms with van der Waals surface area (Å²) in [4.78, 5) is 0. The second kappa shape index (κ2) is 4.63. The van der Waals surface area contributed by atoms with E-state index in [0.29, 0.717) is 0 Å². The molecule has 14 heavy (non-hydrogen) atoms. The van der Waals surface area contributed by atoms with Crippen molar-refractivity contribution in [3.05, 3.63) is 0 Å². The highest BCUT2D eigenvalue weighted by molar-refractivity contribution is 4.89. The fourth-order valence-electron chi connectivity index (χ4n) is 3.15. The van der Waals surface area contributed by atoms with Gasteiger partial charge >= 0.3 is 0 Å². The fraction of sp³-hybridized carbons (Fsp3) is 1.00. The van der Waals surface area contributed by atoms with Crippen molar-refractivity contribution in [1.29, 1.82) is 0 Å². The maximum absolute atomic E-state index is 5.24. The smallest absolute Gasteiger partial charge is 0.0490 e. The van der Waals surface area contributed by atoms with Crippen molar-refractivity contribution < 1.29 is 4.74 Å². The highest BCUT2D eigenvalue weighted by atomic mass is 16.5. The summed E-state index contributed by atoms with van der Waals surface area (Å²) in [6.45, 7) is 3.47. The molecule has 0 bridgehead atoms. The molecule has 2 aliphatic rings. The summed E-state index contributed by atoms with van der Waals surface area (Å²) in [7, 11) is 1.83. The summed E-state index contributed by atoms with van der Waals surface area (Å²) in [5.41, 5.74) is 0.718. The topological polar surface area (TPSA) is 21.3 Å². The lowest BCUT2D eigenvalue weighted by Crippen LogP contribution is -2.39. The molecule has 1 aliphatic heterocycles. The zero-order valence-corrected chi connectivity index (χ0v) is 9.35. The number of methoxy groups -OCH3 is 1. The molecule has 1 aliphatic carbocycles. The zero-order valence-electron chi connectivity index (χ0n) is 9.35. The van der Waals surface area contributed by atoms with Crippen LogP contribution in [0, 0.1) is 11.3 Å². The minimum Gasteiger partial charge on any atom is -0.384 e. The summed E-state index contributed by atoms with van der Waals surface area (Å²) in [5, 5.41) is 3.47. The summed E-state index contributed by atoms with van der Waals surface area (Å²) in [6, 6.07) is 0. The molecule has 1 saturated carbocycles. The van der Waals surface area contributed by atoms with Gasteiger partial charge < -0.3 is 10.1 Å². The molecule has 1 heterocycles. The van der Waals surface area contributed by atoms with E-state index in [4.69, 9.17) is 4.74 Å². The zero-order chi connectivity index (χ0) is 9.86. The normalized spacial score (nSPS) is 28.1. The third kappa shape index (κ3) is 2.29.